The Balaban J connectivity index is 0.000000394. The fourth-order valence-electron chi connectivity index (χ4n) is 2.23. The maximum atomic E-state index is 9.80. The summed E-state index contributed by atoms with van der Waals surface area (Å²) in [4.78, 5) is 0. The predicted octanol–water partition coefficient (Wildman–Crippen LogP) is 5.20. The minimum absolute atomic E-state index is 0.245. The SMILES string of the molecule is COC1CCC(C)CC1.O=POCCCCCCOP=O. The zero-order valence-electron chi connectivity index (χ0n) is 13.2. The summed E-state index contributed by atoms with van der Waals surface area (Å²) in [5.41, 5.74) is 0. The second-order valence-electron chi connectivity index (χ2n) is 5.35. The first kappa shape index (κ1) is 21.1. The summed E-state index contributed by atoms with van der Waals surface area (Å²) < 4.78 is 34.0. The molecule has 7 heteroatoms. The highest BCUT2D eigenvalue weighted by molar-refractivity contribution is 7.17. The number of hydrogen-bond donors (Lipinski definition) is 0. The second kappa shape index (κ2) is 16.5. The highest BCUT2D eigenvalue weighted by Crippen LogP contribution is 2.24. The number of hydrogen-bond acceptors (Lipinski definition) is 5. The summed E-state index contributed by atoms with van der Waals surface area (Å²) in [5, 5.41) is 0. The minimum atomic E-state index is -0.245. The molecule has 0 heterocycles. The molecule has 0 spiro atoms. The van der Waals surface area contributed by atoms with Gasteiger partial charge in [0.15, 0.2) is 0 Å². The normalized spacial score (nSPS) is 22.0. The summed E-state index contributed by atoms with van der Waals surface area (Å²) in [7, 11) is 1.33. The van der Waals surface area contributed by atoms with Crippen molar-refractivity contribution in [2.24, 2.45) is 5.92 Å². The molecule has 0 amide bonds. The standard InChI is InChI=1S/C8H16O.C6H12O4P2/c1-7-3-5-8(9-2)6-4-7;7-11-9-5-3-1-2-4-6-10-12-8/h7-8H,3-6H2,1-2H3;1-6H2. The lowest BCUT2D eigenvalue weighted by Crippen LogP contribution is -2.18. The van der Waals surface area contributed by atoms with Crippen LogP contribution in [-0.2, 0) is 22.9 Å². The quantitative estimate of drug-likeness (QED) is 0.404. The van der Waals surface area contributed by atoms with Crippen molar-refractivity contribution in [1.29, 1.82) is 0 Å². The molecule has 1 fully saturated rings. The van der Waals surface area contributed by atoms with Crippen molar-refractivity contribution in [1.82, 2.24) is 0 Å². The Morgan fingerprint density at radius 1 is 0.857 bits per heavy atom. The van der Waals surface area contributed by atoms with Gasteiger partial charge < -0.3 is 4.74 Å². The van der Waals surface area contributed by atoms with Crippen LogP contribution in [-0.4, -0.2) is 26.4 Å². The zero-order valence-corrected chi connectivity index (χ0v) is 15.0. The Hall–Kier alpha value is 0.0800. The van der Waals surface area contributed by atoms with Gasteiger partial charge in [0.1, 0.15) is 0 Å². The molecular weight excluding hydrogens is 310 g/mol. The van der Waals surface area contributed by atoms with E-state index in [0.717, 1.165) is 31.6 Å². The molecule has 0 bridgehead atoms. The molecule has 0 unspecified atom stereocenters. The molecule has 1 rings (SSSR count). The van der Waals surface area contributed by atoms with Crippen LogP contribution in [0.4, 0.5) is 0 Å². The van der Waals surface area contributed by atoms with Gasteiger partial charge in [-0.25, -0.2) is 9.13 Å². The fourth-order valence-corrected chi connectivity index (χ4v) is 2.63. The molecular formula is C14H28O5P2. The first-order valence-corrected chi connectivity index (χ1v) is 9.12. The van der Waals surface area contributed by atoms with Crippen molar-refractivity contribution < 1.29 is 22.9 Å². The first-order valence-electron chi connectivity index (χ1n) is 7.66. The fraction of sp³-hybridized carbons (Fsp3) is 1.00. The number of unbranched alkanes of at least 4 members (excludes halogenated alkanes) is 3. The van der Waals surface area contributed by atoms with E-state index in [4.69, 9.17) is 4.74 Å². The molecule has 1 aliphatic rings. The Kier molecular flexibility index (Phi) is 16.5. The van der Waals surface area contributed by atoms with Crippen LogP contribution >= 0.6 is 17.4 Å². The van der Waals surface area contributed by atoms with Crippen LogP contribution in [0.5, 0.6) is 0 Å². The van der Waals surface area contributed by atoms with Crippen LogP contribution in [0.1, 0.15) is 58.3 Å². The highest BCUT2D eigenvalue weighted by Gasteiger charge is 2.16. The van der Waals surface area contributed by atoms with E-state index in [1.807, 2.05) is 7.11 Å². The van der Waals surface area contributed by atoms with Gasteiger partial charge in [-0.05, 0) is 44.4 Å². The number of rotatable bonds is 10. The zero-order chi connectivity index (χ0) is 15.8. The lowest BCUT2D eigenvalue weighted by molar-refractivity contribution is 0.0593. The van der Waals surface area contributed by atoms with E-state index in [1.54, 1.807) is 0 Å². The van der Waals surface area contributed by atoms with E-state index in [0.29, 0.717) is 19.3 Å². The van der Waals surface area contributed by atoms with E-state index in [-0.39, 0.29) is 17.4 Å². The van der Waals surface area contributed by atoms with Crippen LogP contribution in [0.15, 0.2) is 0 Å². The maximum Gasteiger partial charge on any atom is 0.327 e. The monoisotopic (exact) mass is 338 g/mol. The Bertz CT molecular complexity index is 232. The van der Waals surface area contributed by atoms with Crippen molar-refractivity contribution in [3.63, 3.8) is 0 Å². The Morgan fingerprint density at radius 3 is 1.71 bits per heavy atom. The third kappa shape index (κ3) is 14.8. The molecule has 1 aliphatic carbocycles. The van der Waals surface area contributed by atoms with Crippen molar-refractivity contribution in [3.05, 3.63) is 0 Å². The van der Waals surface area contributed by atoms with Crippen molar-refractivity contribution >= 4 is 17.4 Å². The Morgan fingerprint density at radius 2 is 1.33 bits per heavy atom. The van der Waals surface area contributed by atoms with Gasteiger partial charge in [-0.2, -0.15) is 0 Å². The minimum Gasteiger partial charge on any atom is -0.381 e. The Labute approximate surface area is 131 Å². The van der Waals surface area contributed by atoms with Gasteiger partial charge in [0.2, 0.25) is 0 Å². The third-order valence-electron chi connectivity index (χ3n) is 3.62. The molecule has 1 saturated carbocycles. The van der Waals surface area contributed by atoms with E-state index in [9.17, 15) is 9.13 Å². The largest absolute Gasteiger partial charge is 0.381 e. The second-order valence-corrected chi connectivity index (χ2v) is 6.16. The smallest absolute Gasteiger partial charge is 0.327 e. The molecule has 0 aromatic rings. The molecule has 0 aromatic heterocycles. The predicted molar refractivity (Wildman–Crippen MR) is 84.0 cm³/mol. The van der Waals surface area contributed by atoms with Gasteiger partial charge in [0.05, 0.1) is 19.3 Å². The number of ether oxygens (including phenoxy) is 1. The van der Waals surface area contributed by atoms with Crippen molar-refractivity contribution in [2.45, 2.75) is 64.4 Å². The summed E-state index contributed by atoms with van der Waals surface area (Å²) >= 11 is 0. The number of methoxy groups -OCH3 is 1. The van der Waals surface area contributed by atoms with E-state index in [2.05, 4.69) is 16.0 Å². The highest BCUT2D eigenvalue weighted by atomic mass is 31.1. The molecule has 0 saturated heterocycles. The van der Waals surface area contributed by atoms with Crippen LogP contribution in [0.3, 0.4) is 0 Å². The van der Waals surface area contributed by atoms with E-state index < -0.39 is 0 Å². The molecule has 0 aliphatic heterocycles. The van der Waals surface area contributed by atoms with Gasteiger partial charge >= 0.3 is 17.4 Å². The van der Waals surface area contributed by atoms with Gasteiger partial charge in [0, 0.05) is 7.11 Å². The maximum absolute atomic E-state index is 9.80. The average molecular weight is 338 g/mol. The average Bonchev–Trinajstić information content (AvgIpc) is 2.51. The summed E-state index contributed by atoms with van der Waals surface area (Å²) in [6.45, 7) is 3.39. The topological polar surface area (TPSA) is 61.8 Å². The van der Waals surface area contributed by atoms with E-state index >= 15 is 0 Å². The molecule has 0 atom stereocenters. The van der Waals surface area contributed by atoms with Crippen LogP contribution in [0.25, 0.3) is 0 Å². The van der Waals surface area contributed by atoms with Gasteiger partial charge in [-0.1, -0.05) is 19.8 Å². The van der Waals surface area contributed by atoms with E-state index in [1.165, 1.54) is 25.7 Å². The molecule has 0 radical (unpaired) electrons. The molecule has 124 valence electrons. The molecule has 0 aromatic carbocycles. The van der Waals surface area contributed by atoms with Gasteiger partial charge in [-0.15, -0.1) is 0 Å². The first-order chi connectivity index (χ1) is 10.2. The lowest BCUT2D eigenvalue weighted by Gasteiger charge is -2.24. The van der Waals surface area contributed by atoms with Gasteiger partial charge in [-0.3, -0.25) is 9.05 Å². The van der Waals surface area contributed by atoms with Crippen molar-refractivity contribution in [3.8, 4) is 0 Å². The van der Waals surface area contributed by atoms with Crippen LogP contribution in [0.2, 0.25) is 0 Å². The summed E-state index contributed by atoms with van der Waals surface area (Å²) in [6.07, 6.45) is 9.70. The molecule has 5 nitrogen and oxygen atoms in total. The third-order valence-corrected chi connectivity index (χ3v) is 4.20. The molecule has 0 N–H and O–H groups in total. The van der Waals surface area contributed by atoms with Gasteiger partial charge in [0.25, 0.3) is 0 Å². The summed E-state index contributed by atoms with van der Waals surface area (Å²) in [5.74, 6) is 0.941. The van der Waals surface area contributed by atoms with Crippen LogP contribution < -0.4 is 0 Å². The van der Waals surface area contributed by atoms with Crippen LogP contribution in [0, 0.1) is 5.92 Å². The van der Waals surface area contributed by atoms with Crippen molar-refractivity contribution in [2.75, 3.05) is 20.3 Å². The molecule has 21 heavy (non-hydrogen) atoms. The summed E-state index contributed by atoms with van der Waals surface area (Å²) in [6, 6.07) is 0. The lowest BCUT2D eigenvalue weighted by atomic mass is 9.89.